The third kappa shape index (κ3) is 13.5. The Kier molecular flexibility index (Phi) is 20.6. The van der Waals surface area contributed by atoms with Crippen LogP contribution in [0.15, 0.2) is 265 Å². The average molecular weight is 1590 g/mol. The number of aryl methyl sites for hydroxylation is 6. The maximum atomic E-state index is 15.3. The number of nitrogens with zero attached hydrogens (tertiary/aromatic N) is 10. The molecule has 0 unspecified atom stereocenters. The van der Waals surface area contributed by atoms with Gasteiger partial charge in [0.15, 0.2) is 59.3 Å². The fourth-order valence-corrected chi connectivity index (χ4v) is 16.0. The first kappa shape index (κ1) is 78.0. The predicted molar refractivity (Wildman–Crippen MR) is 453 cm³/mol. The molecule has 0 radical (unpaired) electrons. The van der Waals surface area contributed by atoms with Crippen LogP contribution in [0.3, 0.4) is 0 Å². The van der Waals surface area contributed by atoms with E-state index in [1.807, 2.05) is 236 Å². The Bertz CT molecular complexity index is 7850. The highest BCUT2D eigenvalue weighted by Gasteiger charge is 2.31. The van der Waals surface area contributed by atoms with Crippen LogP contribution in [0, 0.1) is 106 Å². The second-order valence-electron chi connectivity index (χ2n) is 29.1. The number of halogens is 5. The number of pyridine rings is 5. The topological polar surface area (TPSA) is 146 Å². The van der Waals surface area contributed by atoms with E-state index >= 15 is 4.39 Å². The van der Waals surface area contributed by atoms with Crippen molar-refractivity contribution in [1.29, 1.82) is 10.5 Å². The van der Waals surface area contributed by atoms with Gasteiger partial charge in [-0.1, -0.05) is 60.7 Å². The van der Waals surface area contributed by atoms with E-state index in [9.17, 15) is 28.1 Å². The molecule has 0 fully saturated rings. The van der Waals surface area contributed by atoms with Crippen LogP contribution in [0.5, 0.6) is 0 Å². The highest BCUT2D eigenvalue weighted by atomic mass is 19.1. The van der Waals surface area contributed by atoms with Gasteiger partial charge in [0.05, 0.1) is 59.2 Å². The third-order valence-corrected chi connectivity index (χ3v) is 21.9. The van der Waals surface area contributed by atoms with Crippen molar-refractivity contribution in [2.24, 2.45) is 35.2 Å². The molecule has 0 spiro atoms. The van der Waals surface area contributed by atoms with E-state index < -0.39 is 5.82 Å². The lowest BCUT2D eigenvalue weighted by molar-refractivity contribution is -0.660. The SMILES string of the molecule is Cc1c(F)c(C#N)c2oc3ccccc3c2c1-c1cccc[n+]1C.Cc1c(F)cc2oc3cccc(C#N)c3c2c1-c1cccc[n+]1C.[C-]#[N+]c1ccc2c(c1)oc1cc(F)c(C)c(-c3cccc[n+]3C)c12.[C-]#[N+]c1ccc2oc3cc(F)c(C)c(-c4cccc[n+]4C)c3c2c1.[C-]#[N+]c1cccc2c1oc1c(F)c(-c3cccc[n+]3C)c(C)cc12. The number of fused-ring (bicyclic) bond motifs is 15. The summed E-state index contributed by atoms with van der Waals surface area (Å²) in [6, 6.07) is 68.0. The molecule has 15 nitrogen and oxygen atoms in total. The van der Waals surface area contributed by atoms with E-state index in [2.05, 4.69) is 20.6 Å². The van der Waals surface area contributed by atoms with E-state index in [1.54, 1.807) is 88.4 Å². The summed E-state index contributed by atoms with van der Waals surface area (Å²) < 4.78 is 112. The van der Waals surface area contributed by atoms with E-state index in [1.165, 1.54) is 18.2 Å². The molecule has 580 valence electrons. The van der Waals surface area contributed by atoms with Gasteiger partial charge in [-0.3, -0.25) is 0 Å². The number of aromatic nitrogens is 5. The van der Waals surface area contributed by atoms with Crippen molar-refractivity contribution in [3.05, 3.63) is 346 Å². The number of furan rings is 5. The van der Waals surface area contributed by atoms with Gasteiger partial charge in [0.1, 0.15) is 115 Å². The van der Waals surface area contributed by atoms with E-state index in [0.717, 1.165) is 105 Å². The Morgan fingerprint density at radius 2 is 0.742 bits per heavy atom. The number of hydrogen-bond donors (Lipinski definition) is 0. The quantitative estimate of drug-likeness (QED) is 0.0947. The Hall–Kier alpha value is -16.0. The van der Waals surface area contributed by atoms with Gasteiger partial charge in [-0.15, -0.1) is 0 Å². The molecule has 20 aromatic rings. The molecule has 0 aliphatic carbocycles. The van der Waals surface area contributed by atoms with Crippen LogP contribution < -0.4 is 22.8 Å². The number of hydrogen-bond acceptors (Lipinski definition) is 7. The summed E-state index contributed by atoms with van der Waals surface area (Å²) in [6.07, 6.45) is 9.58. The molecule has 10 heterocycles. The maximum Gasteiger partial charge on any atom is 0.229 e. The molecule has 0 N–H and O–H groups in total. The van der Waals surface area contributed by atoms with Crippen molar-refractivity contribution in [3.8, 4) is 68.4 Å². The standard InChI is InChI=1S/5C20H14FN2O/c1-12-11-14-13-7-6-8-15(22-2)19(13)24-20(14)18(21)17(12)16-9-4-5-10-23(16)3;1-12-15(21)11-18-20(19(12)16-6-4-5-9-23(16)3)14-10-13(22-2)7-8-17(14)24-18;1-12-15(21)11-18-20(19(12)16-6-4-5-9-23(16)3)14-8-7-13(22-2)10-17(14)24-18;1-12-14(21)10-17-20(18(12)15-7-3-4-9-23(15)2)19-13(11-22)6-5-8-16(19)24-17;1-12-17(15-8-5-6-10-23(15)2)18-13-7-3-4-9-16(13)24-20(18)14(11-22)19(12)21/h3*4-11H,1,3H3;2*3-10H,1-2H3/q5*+1. The van der Waals surface area contributed by atoms with Crippen molar-refractivity contribution < 1.29 is 66.9 Å². The van der Waals surface area contributed by atoms with Crippen molar-refractivity contribution in [2.45, 2.75) is 34.6 Å². The van der Waals surface area contributed by atoms with Crippen LogP contribution >= 0.6 is 0 Å². The van der Waals surface area contributed by atoms with Gasteiger partial charge in [0, 0.05) is 138 Å². The number of para-hydroxylation sites is 2. The summed E-state index contributed by atoms with van der Waals surface area (Å²) in [5.41, 5.74) is 17.8. The highest BCUT2D eigenvalue weighted by molar-refractivity contribution is 6.18. The number of benzene rings is 10. The molecule has 0 aliphatic heterocycles. The first-order valence-corrected chi connectivity index (χ1v) is 38.0. The van der Waals surface area contributed by atoms with Gasteiger partial charge in [0.2, 0.25) is 34.2 Å². The van der Waals surface area contributed by atoms with E-state index in [-0.39, 0.29) is 34.4 Å². The molecule has 0 bridgehead atoms. The summed E-state index contributed by atoms with van der Waals surface area (Å²) in [6.45, 7) is 30.6. The second-order valence-corrected chi connectivity index (χ2v) is 29.1. The molecule has 0 saturated carbocycles. The minimum Gasteiger partial charge on any atom is -0.464 e. The smallest absolute Gasteiger partial charge is 0.229 e. The van der Waals surface area contributed by atoms with Gasteiger partial charge in [-0.05, 0) is 130 Å². The average Bonchev–Trinajstić information content (AvgIpc) is 1.66. The monoisotopic (exact) mass is 1590 g/mol. The normalized spacial score (nSPS) is 11.1. The Balaban J connectivity index is 0.000000112. The minimum atomic E-state index is -0.525. The molecule has 120 heavy (non-hydrogen) atoms. The summed E-state index contributed by atoms with van der Waals surface area (Å²) >= 11 is 0. The zero-order valence-corrected chi connectivity index (χ0v) is 66.5. The third-order valence-electron chi connectivity index (χ3n) is 21.9. The van der Waals surface area contributed by atoms with Crippen LogP contribution in [-0.4, -0.2) is 0 Å². The Labute approximate surface area is 684 Å². The number of nitriles is 2. The van der Waals surface area contributed by atoms with Crippen LogP contribution in [-0.2, 0) is 35.2 Å². The molecular formula is C100H70F5N10O5+5. The van der Waals surface area contributed by atoms with Gasteiger partial charge < -0.3 is 22.1 Å². The lowest BCUT2D eigenvalue weighted by Gasteiger charge is -2.09. The van der Waals surface area contributed by atoms with Gasteiger partial charge in [0.25, 0.3) is 0 Å². The fraction of sp³-hybridized carbons (Fsp3) is 0.100. The first-order chi connectivity index (χ1) is 58.1. The maximum absolute atomic E-state index is 15.3. The molecule has 10 aromatic heterocycles. The molecule has 20 rings (SSSR count). The van der Waals surface area contributed by atoms with Crippen molar-refractivity contribution in [3.63, 3.8) is 0 Å². The lowest BCUT2D eigenvalue weighted by Crippen LogP contribution is -2.30. The summed E-state index contributed by atoms with van der Waals surface area (Å²) in [5, 5.41) is 27.0. The molecule has 0 saturated heterocycles. The first-order valence-electron chi connectivity index (χ1n) is 38.0. The molecule has 0 aliphatic rings. The lowest BCUT2D eigenvalue weighted by atomic mass is 9.95. The van der Waals surface area contributed by atoms with Crippen LogP contribution in [0.1, 0.15) is 38.9 Å². The second kappa shape index (κ2) is 31.7. The summed E-state index contributed by atoms with van der Waals surface area (Å²) in [4.78, 5) is 10.4. The van der Waals surface area contributed by atoms with Gasteiger partial charge in [-0.2, -0.15) is 10.5 Å². The summed E-state index contributed by atoms with van der Waals surface area (Å²) in [5.74, 6) is -1.84. The minimum absolute atomic E-state index is 0.0407. The highest BCUT2D eigenvalue weighted by Crippen LogP contribution is 2.47. The van der Waals surface area contributed by atoms with Crippen LogP contribution in [0.25, 0.3) is 181 Å². The Morgan fingerprint density at radius 1 is 0.308 bits per heavy atom. The molecule has 20 heteroatoms. The predicted octanol–water partition coefficient (Wildman–Crippen LogP) is 24.0. The molecule has 10 aromatic carbocycles. The zero-order valence-electron chi connectivity index (χ0n) is 66.5. The van der Waals surface area contributed by atoms with E-state index in [4.69, 9.17) is 41.8 Å². The van der Waals surface area contributed by atoms with Crippen molar-refractivity contribution >= 4 is 127 Å². The Morgan fingerprint density at radius 3 is 1.27 bits per heavy atom. The molecule has 0 atom stereocenters. The summed E-state index contributed by atoms with van der Waals surface area (Å²) in [7, 11) is 9.58. The van der Waals surface area contributed by atoms with Crippen molar-refractivity contribution in [2.75, 3.05) is 0 Å². The largest absolute Gasteiger partial charge is 0.464 e. The fourth-order valence-electron chi connectivity index (χ4n) is 16.0. The number of rotatable bonds is 5. The van der Waals surface area contributed by atoms with E-state index in [0.29, 0.717) is 106 Å². The zero-order chi connectivity index (χ0) is 84.2. The molecular weight excluding hydrogens is 1520 g/mol. The van der Waals surface area contributed by atoms with Gasteiger partial charge >= 0.3 is 0 Å². The van der Waals surface area contributed by atoms with Crippen LogP contribution in [0.4, 0.5) is 39.0 Å². The molecule has 0 amide bonds. The van der Waals surface area contributed by atoms with Crippen molar-refractivity contribution in [1.82, 2.24) is 0 Å². The van der Waals surface area contributed by atoms with Gasteiger partial charge in [-0.25, -0.2) is 59.3 Å². The van der Waals surface area contributed by atoms with Crippen LogP contribution in [0.2, 0.25) is 0 Å².